The van der Waals surface area contributed by atoms with E-state index in [4.69, 9.17) is 0 Å². The average molecular weight is 507 g/mol. The summed E-state index contributed by atoms with van der Waals surface area (Å²) in [5.74, 6) is -1.42. The molecule has 0 unspecified atom stereocenters. The number of hydrogen-bond donors (Lipinski definition) is 1. The molecule has 5 aromatic rings. The van der Waals surface area contributed by atoms with Crippen molar-refractivity contribution < 1.29 is 22.7 Å². The number of rotatable bonds is 6. The van der Waals surface area contributed by atoms with Crippen LogP contribution in [0.25, 0.3) is 27.2 Å². The van der Waals surface area contributed by atoms with E-state index in [2.05, 4.69) is 4.98 Å². The number of fused-ring (bicyclic) bond motifs is 1. The first-order valence-corrected chi connectivity index (χ1v) is 13.3. The van der Waals surface area contributed by atoms with Crippen LogP contribution in [0.5, 0.6) is 0 Å². The molecule has 0 fully saturated rings. The van der Waals surface area contributed by atoms with Crippen molar-refractivity contribution in [2.24, 2.45) is 0 Å². The Morgan fingerprint density at radius 1 is 1.09 bits per heavy atom. The molecule has 0 radical (unpaired) electrons. The number of hydrogen-bond acceptors (Lipinski definition) is 5. The minimum absolute atomic E-state index is 0.0345. The number of halogens is 1. The number of aromatic nitrogens is 2. The zero-order chi connectivity index (χ0) is 24.7. The van der Waals surface area contributed by atoms with Crippen LogP contribution in [0.1, 0.15) is 21.6 Å². The quantitative estimate of drug-likeness (QED) is 0.325. The average Bonchev–Trinajstić information content (AvgIpc) is 3.44. The summed E-state index contributed by atoms with van der Waals surface area (Å²) in [4.78, 5) is 15.8. The highest BCUT2D eigenvalue weighted by molar-refractivity contribution is 7.90. The third-order valence-corrected chi connectivity index (χ3v) is 7.70. The number of thiazole rings is 1. The van der Waals surface area contributed by atoms with Crippen LogP contribution in [0.15, 0.2) is 83.2 Å². The van der Waals surface area contributed by atoms with E-state index < -0.39 is 15.8 Å². The third-order valence-electron chi connectivity index (χ3n) is 5.74. The molecule has 176 valence electrons. The van der Waals surface area contributed by atoms with Gasteiger partial charge in [-0.25, -0.2) is 22.6 Å². The second-order valence-corrected chi connectivity index (χ2v) is 11.0. The lowest BCUT2D eigenvalue weighted by Crippen LogP contribution is -1.98. The zero-order valence-electron chi connectivity index (χ0n) is 18.5. The molecule has 2 aromatic heterocycles. The van der Waals surface area contributed by atoms with Crippen LogP contribution in [0.4, 0.5) is 4.39 Å². The lowest BCUT2D eigenvalue weighted by Gasteiger charge is -2.06. The second kappa shape index (κ2) is 8.75. The smallest absolute Gasteiger partial charge is 0.355 e. The maximum Gasteiger partial charge on any atom is 0.355 e. The molecule has 3 aromatic carbocycles. The molecule has 2 heterocycles. The maximum absolute atomic E-state index is 14.5. The highest BCUT2D eigenvalue weighted by Crippen LogP contribution is 2.33. The van der Waals surface area contributed by atoms with Crippen molar-refractivity contribution in [2.45, 2.75) is 11.3 Å². The highest BCUT2D eigenvalue weighted by atomic mass is 32.2. The number of benzene rings is 3. The van der Waals surface area contributed by atoms with Gasteiger partial charge >= 0.3 is 5.97 Å². The van der Waals surface area contributed by atoms with Crippen molar-refractivity contribution in [1.82, 2.24) is 9.55 Å². The van der Waals surface area contributed by atoms with Gasteiger partial charge in [0.15, 0.2) is 20.7 Å². The summed E-state index contributed by atoms with van der Waals surface area (Å²) in [6, 6.07) is 18.9. The molecule has 9 heteroatoms. The van der Waals surface area contributed by atoms with Crippen LogP contribution in [0.2, 0.25) is 0 Å². The van der Waals surface area contributed by atoms with Gasteiger partial charge in [0.1, 0.15) is 5.82 Å². The standard InChI is InChI=1S/C26H19FN2O4S2/c1-35(32,33)19-9-6-16(7-10-19)12-18-14-29(26-28-23(15-34-26)25(30)31)24-11-8-17(13-21(18)24)20-4-2-3-5-22(20)27/h2-11,13-15H,12H2,1H3,(H,30,31). The van der Waals surface area contributed by atoms with E-state index in [0.29, 0.717) is 22.7 Å². The van der Waals surface area contributed by atoms with Crippen LogP contribution in [-0.2, 0) is 16.3 Å². The fourth-order valence-corrected chi connectivity index (χ4v) is 5.42. The highest BCUT2D eigenvalue weighted by Gasteiger charge is 2.17. The summed E-state index contributed by atoms with van der Waals surface area (Å²) in [5.41, 5.74) is 3.78. The van der Waals surface area contributed by atoms with Gasteiger partial charge in [0.2, 0.25) is 0 Å². The number of carboxylic acids is 1. The van der Waals surface area contributed by atoms with E-state index in [1.54, 1.807) is 42.5 Å². The van der Waals surface area contributed by atoms with Gasteiger partial charge in [-0.2, -0.15) is 0 Å². The van der Waals surface area contributed by atoms with Gasteiger partial charge in [-0.05, 0) is 53.4 Å². The predicted octanol–water partition coefficient (Wildman–Crippen LogP) is 5.59. The van der Waals surface area contributed by atoms with Gasteiger partial charge in [0.25, 0.3) is 0 Å². The molecule has 5 rings (SSSR count). The molecular weight excluding hydrogens is 487 g/mol. The van der Waals surface area contributed by atoms with Crippen molar-refractivity contribution in [3.8, 4) is 16.3 Å². The molecule has 0 aliphatic rings. The van der Waals surface area contributed by atoms with E-state index in [-0.39, 0.29) is 16.4 Å². The summed E-state index contributed by atoms with van der Waals surface area (Å²) in [6.07, 6.45) is 3.55. The number of aromatic carboxylic acids is 1. The van der Waals surface area contributed by atoms with Crippen LogP contribution >= 0.6 is 11.3 Å². The van der Waals surface area contributed by atoms with E-state index in [1.165, 1.54) is 29.0 Å². The third kappa shape index (κ3) is 4.48. The molecule has 35 heavy (non-hydrogen) atoms. The molecule has 0 spiro atoms. The largest absolute Gasteiger partial charge is 0.476 e. The molecule has 0 saturated carbocycles. The monoisotopic (exact) mass is 506 g/mol. The van der Waals surface area contributed by atoms with Gasteiger partial charge < -0.3 is 5.11 Å². The fraction of sp³-hybridized carbons (Fsp3) is 0.0769. The Morgan fingerprint density at radius 3 is 2.49 bits per heavy atom. The summed E-state index contributed by atoms with van der Waals surface area (Å²) < 4.78 is 39.9. The van der Waals surface area contributed by atoms with Crippen molar-refractivity contribution in [1.29, 1.82) is 0 Å². The molecular formula is C26H19FN2O4S2. The molecule has 0 aliphatic heterocycles. The lowest BCUT2D eigenvalue weighted by molar-refractivity contribution is 0.0691. The second-order valence-electron chi connectivity index (χ2n) is 8.15. The Balaban J connectivity index is 1.64. The van der Waals surface area contributed by atoms with Crippen LogP contribution in [0, 0.1) is 5.82 Å². The van der Waals surface area contributed by atoms with E-state index in [9.17, 15) is 22.7 Å². The number of sulfone groups is 1. The summed E-state index contributed by atoms with van der Waals surface area (Å²) >= 11 is 1.22. The Labute approximate surface area is 204 Å². The Hall–Kier alpha value is -3.82. The van der Waals surface area contributed by atoms with Crippen LogP contribution in [0.3, 0.4) is 0 Å². The summed E-state index contributed by atoms with van der Waals surface area (Å²) in [6.45, 7) is 0. The van der Waals surface area contributed by atoms with Crippen molar-refractivity contribution in [3.05, 3.63) is 101 Å². The lowest BCUT2D eigenvalue weighted by atomic mass is 9.99. The first-order chi connectivity index (χ1) is 16.7. The summed E-state index contributed by atoms with van der Waals surface area (Å²) in [5, 5.41) is 12.1. The predicted molar refractivity (Wildman–Crippen MR) is 134 cm³/mol. The topological polar surface area (TPSA) is 89.3 Å². The first kappa shape index (κ1) is 22.9. The maximum atomic E-state index is 14.5. The molecule has 6 nitrogen and oxygen atoms in total. The molecule has 0 bridgehead atoms. The molecule has 1 N–H and O–H groups in total. The first-order valence-electron chi connectivity index (χ1n) is 10.6. The van der Waals surface area contributed by atoms with Crippen LogP contribution in [-0.4, -0.2) is 35.3 Å². The van der Waals surface area contributed by atoms with Crippen molar-refractivity contribution >= 4 is 38.0 Å². The number of carboxylic acid groups (broad SMARTS) is 1. The van der Waals surface area contributed by atoms with Gasteiger partial charge in [0.05, 0.1) is 10.4 Å². The van der Waals surface area contributed by atoms with Crippen LogP contribution < -0.4 is 0 Å². The van der Waals surface area contributed by atoms with Crippen molar-refractivity contribution in [2.75, 3.05) is 6.26 Å². The number of carbonyl (C=O) groups is 1. The summed E-state index contributed by atoms with van der Waals surface area (Å²) in [7, 11) is -3.30. The van der Waals surface area contributed by atoms with Gasteiger partial charge in [-0.15, -0.1) is 11.3 Å². The Kier molecular flexibility index (Phi) is 5.74. The van der Waals surface area contributed by atoms with E-state index in [0.717, 1.165) is 22.0 Å². The van der Waals surface area contributed by atoms with E-state index in [1.807, 2.05) is 29.0 Å². The molecule has 0 atom stereocenters. The Bertz CT molecular complexity index is 1690. The minimum atomic E-state index is -3.30. The zero-order valence-corrected chi connectivity index (χ0v) is 20.1. The molecule has 0 amide bonds. The molecule has 0 aliphatic carbocycles. The fourth-order valence-electron chi connectivity index (χ4n) is 4.01. The minimum Gasteiger partial charge on any atom is -0.476 e. The van der Waals surface area contributed by atoms with Crippen molar-refractivity contribution in [3.63, 3.8) is 0 Å². The van der Waals surface area contributed by atoms with Gasteiger partial charge in [-0.1, -0.05) is 36.4 Å². The normalized spacial score (nSPS) is 11.7. The molecule has 0 saturated heterocycles. The van der Waals surface area contributed by atoms with E-state index >= 15 is 0 Å². The SMILES string of the molecule is CS(=O)(=O)c1ccc(Cc2cn(-c3nc(C(=O)O)cs3)c3ccc(-c4ccccc4F)cc23)cc1. The Morgan fingerprint density at radius 2 is 1.83 bits per heavy atom. The van der Waals surface area contributed by atoms with Gasteiger partial charge in [-0.3, -0.25) is 4.57 Å². The number of nitrogens with zero attached hydrogens (tertiary/aromatic N) is 2. The van der Waals surface area contributed by atoms with Gasteiger partial charge in [0, 0.05) is 28.8 Å².